The van der Waals surface area contributed by atoms with Gasteiger partial charge < -0.3 is 9.47 Å². The Morgan fingerprint density at radius 3 is 1.59 bits per heavy atom. The molecule has 0 atom stereocenters. The van der Waals surface area contributed by atoms with Gasteiger partial charge in [-0.05, 0) is 49.9 Å². The summed E-state index contributed by atoms with van der Waals surface area (Å²) in [4.78, 5) is 11.3. The number of Topliss-reactive ketones (excluding diaryl/α,β-unsaturated/α-hetero) is 1. The van der Waals surface area contributed by atoms with E-state index in [-0.39, 0.29) is 18.3 Å². The van der Waals surface area contributed by atoms with E-state index >= 15 is 0 Å². The summed E-state index contributed by atoms with van der Waals surface area (Å²) in [7, 11) is 0. The van der Waals surface area contributed by atoms with Crippen molar-refractivity contribution < 1.29 is 14.3 Å². The molecule has 2 aromatic rings. The molecule has 2 heterocycles. The third-order valence-corrected chi connectivity index (χ3v) is 5.79. The molecule has 0 aromatic carbocycles. The van der Waals surface area contributed by atoms with Gasteiger partial charge in [0.2, 0.25) is 0 Å². The van der Waals surface area contributed by atoms with Crippen LogP contribution in [0.3, 0.4) is 0 Å². The molecule has 0 radical (unpaired) electrons. The largest absolute Gasteiger partial charge is 0.380 e. The van der Waals surface area contributed by atoms with E-state index in [2.05, 4.69) is 62.2 Å². The van der Waals surface area contributed by atoms with Crippen LogP contribution in [-0.2, 0) is 40.2 Å². The van der Waals surface area contributed by atoms with Crippen molar-refractivity contribution in [2.75, 3.05) is 26.4 Å². The molecule has 0 amide bonds. The molecular formula is C28H52N6O3. The molecule has 37 heavy (non-hydrogen) atoms. The van der Waals surface area contributed by atoms with Gasteiger partial charge in [0.05, 0.1) is 37.7 Å². The van der Waals surface area contributed by atoms with Gasteiger partial charge >= 0.3 is 0 Å². The molecular weight excluding hydrogens is 468 g/mol. The maximum atomic E-state index is 11.3. The molecule has 0 bridgehead atoms. The minimum atomic E-state index is 0.0361. The summed E-state index contributed by atoms with van der Waals surface area (Å²) < 4.78 is 14.6. The van der Waals surface area contributed by atoms with E-state index in [4.69, 9.17) is 9.47 Å². The van der Waals surface area contributed by atoms with Crippen LogP contribution in [0.1, 0.15) is 86.0 Å². The fraction of sp³-hybridized carbons (Fsp3) is 0.821. The maximum absolute atomic E-state index is 11.3. The molecule has 212 valence electrons. The number of hydrogen-bond acceptors (Lipinski definition) is 7. The van der Waals surface area contributed by atoms with E-state index < -0.39 is 0 Å². The van der Waals surface area contributed by atoms with Gasteiger partial charge in [-0.15, -0.1) is 10.2 Å². The highest BCUT2D eigenvalue weighted by molar-refractivity contribution is 5.81. The van der Waals surface area contributed by atoms with Crippen LogP contribution in [0.2, 0.25) is 0 Å². The van der Waals surface area contributed by atoms with Gasteiger partial charge in [0.25, 0.3) is 0 Å². The lowest BCUT2D eigenvalue weighted by Gasteiger charge is -2.05. The zero-order chi connectivity index (χ0) is 27.6. The Morgan fingerprint density at radius 1 is 0.703 bits per heavy atom. The van der Waals surface area contributed by atoms with Crippen molar-refractivity contribution in [2.24, 2.45) is 23.7 Å². The summed E-state index contributed by atoms with van der Waals surface area (Å²) in [5.41, 5.74) is 2.11. The van der Waals surface area contributed by atoms with E-state index in [1.807, 2.05) is 30.9 Å². The zero-order valence-electron chi connectivity index (χ0n) is 24.7. The molecule has 0 spiro atoms. The zero-order valence-corrected chi connectivity index (χ0v) is 24.7. The number of carbonyl (C=O) groups excluding carboxylic acids is 1. The van der Waals surface area contributed by atoms with Gasteiger partial charge in [-0.2, -0.15) is 0 Å². The lowest BCUT2D eigenvalue weighted by atomic mass is 10.1. The monoisotopic (exact) mass is 520 g/mol. The molecule has 0 unspecified atom stereocenters. The highest BCUT2D eigenvalue weighted by Crippen LogP contribution is 2.07. The number of rotatable bonds is 18. The molecule has 0 saturated carbocycles. The van der Waals surface area contributed by atoms with Gasteiger partial charge in [-0.1, -0.05) is 65.8 Å². The number of aryl methyl sites for hydroxylation is 2. The normalized spacial score (nSPS) is 11.6. The summed E-state index contributed by atoms with van der Waals surface area (Å²) in [6, 6.07) is 0. The van der Waals surface area contributed by atoms with Gasteiger partial charge in [0.1, 0.15) is 6.61 Å². The first-order valence-corrected chi connectivity index (χ1v) is 14.0. The van der Waals surface area contributed by atoms with Crippen LogP contribution in [0.25, 0.3) is 0 Å². The standard InChI is InChI=1S/C14H25N3O2.C14H27N3O/c1-11(2)5-6-13-9-17(16-15-13)7-8-19-10-14(18)12(3)4;1-12(2)5-6-14-11-17(16-15-14)8-10-18-9-7-13(3)4/h9,11-12H,5-8,10H2,1-4H3;11-13H,5-10H2,1-4H3. The van der Waals surface area contributed by atoms with Crippen LogP contribution in [0.4, 0.5) is 0 Å². The Bertz CT molecular complexity index is 845. The van der Waals surface area contributed by atoms with Crippen molar-refractivity contribution in [1.29, 1.82) is 0 Å². The second-order valence-corrected chi connectivity index (χ2v) is 11.3. The molecule has 9 heteroatoms. The van der Waals surface area contributed by atoms with Crippen LogP contribution in [-0.4, -0.2) is 62.2 Å². The molecule has 2 aromatic heterocycles. The lowest BCUT2D eigenvalue weighted by Crippen LogP contribution is -2.17. The summed E-state index contributed by atoms with van der Waals surface area (Å²) in [5.74, 6) is 2.27. The van der Waals surface area contributed by atoms with Crippen molar-refractivity contribution in [3.8, 4) is 0 Å². The highest BCUT2D eigenvalue weighted by Gasteiger charge is 2.07. The SMILES string of the molecule is CC(C)CCOCCn1cc(CCC(C)C)nn1.CC(C)CCc1cn(CCOCC(=O)C(C)C)nn1. The Kier molecular flexibility index (Phi) is 16.9. The van der Waals surface area contributed by atoms with E-state index in [1.54, 1.807) is 4.68 Å². The predicted octanol–water partition coefficient (Wildman–Crippen LogP) is 5.04. The van der Waals surface area contributed by atoms with Crippen molar-refractivity contribution in [3.05, 3.63) is 23.8 Å². The summed E-state index contributed by atoms with van der Waals surface area (Å²) in [5, 5.41) is 16.5. The Balaban J connectivity index is 0.000000371. The molecule has 0 aliphatic rings. The van der Waals surface area contributed by atoms with Gasteiger partial charge in [0.15, 0.2) is 5.78 Å². The first-order valence-electron chi connectivity index (χ1n) is 14.0. The molecule has 0 aliphatic carbocycles. The number of ether oxygens (including phenoxy) is 2. The van der Waals surface area contributed by atoms with Crippen molar-refractivity contribution >= 4 is 5.78 Å². The van der Waals surface area contributed by atoms with E-state index in [1.165, 1.54) is 6.42 Å². The summed E-state index contributed by atoms with van der Waals surface area (Å²) in [6.07, 6.45) is 9.39. The number of nitrogens with zero attached hydrogens (tertiary/aromatic N) is 6. The highest BCUT2D eigenvalue weighted by atomic mass is 16.5. The fourth-order valence-electron chi connectivity index (χ4n) is 3.07. The lowest BCUT2D eigenvalue weighted by molar-refractivity contribution is -0.126. The van der Waals surface area contributed by atoms with Crippen LogP contribution in [0.5, 0.6) is 0 Å². The third kappa shape index (κ3) is 17.1. The van der Waals surface area contributed by atoms with Crippen LogP contribution in [0.15, 0.2) is 12.4 Å². The molecule has 9 nitrogen and oxygen atoms in total. The average molecular weight is 521 g/mol. The van der Waals surface area contributed by atoms with Crippen molar-refractivity contribution in [1.82, 2.24) is 30.0 Å². The van der Waals surface area contributed by atoms with Crippen LogP contribution >= 0.6 is 0 Å². The topological polar surface area (TPSA) is 96.9 Å². The van der Waals surface area contributed by atoms with E-state index in [0.29, 0.717) is 25.0 Å². The number of aromatic nitrogens is 6. The summed E-state index contributed by atoms with van der Waals surface area (Å²) >= 11 is 0. The van der Waals surface area contributed by atoms with Gasteiger partial charge in [-0.25, -0.2) is 9.36 Å². The van der Waals surface area contributed by atoms with Crippen LogP contribution < -0.4 is 0 Å². The van der Waals surface area contributed by atoms with Gasteiger partial charge in [0, 0.05) is 24.9 Å². The smallest absolute Gasteiger partial charge is 0.160 e. The first-order chi connectivity index (χ1) is 17.6. The maximum Gasteiger partial charge on any atom is 0.160 e. The predicted molar refractivity (Wildman–Crippen MR) is 147 cm³/mol. The number of ketones is 1. The van der Waals surface area contributed by atoms with Crippen molar-refractivity contribution in [3.63, 3.8) is 0 Å². The molecule has 0 fully saturated rings. The van der Waals surface area contributed by atoms with E-state index in [0.717, 1.165) is 62.7 Å². The second kappa shape index (κ2) is 19.0. The Morgan fingerprint density at radius 2 is 1.16 bits per heavy atom. The molecule has 2 rings (SSSR count). The molecule has 0 saturated heterocycles. The summed E-state index contributed by atoms with van der Waals surface area (Å²) in [6.45, 7) is 20.7. The first kappa shape index (κ1) is 32.9. The number of hydrogen-bond donors (Lipinski definition) is 0. The minimum Gasteiger partial charge on any atom is -0.380 e. The average Bonchev–Trinajstić information content (AvgIpc) is 3.48. The Labute approximate surface area is 224 Å². The van der Waals surface area contributed by atoms with Gasteiger partial charge in [-0.3, -0.25) is 4.79 Å². The second-order valence-electron chi connectivity index (χ2n) is 11.3. The minimum absolute atomic E-state index is 0.0361. The quantitative estimate of drug-likeness (QED) is 0.254. The Hall–Kier alpha value is -2.13. The number of carbonyl (C=O) groups is 1. The fourth-order valence-corrected chi connectivity index (χ4v) is 3.07. The van der Waals surface area contributed by atoms with Crippen molar-refractivity contribution in [2.45, 2.75) is 101 Å². The molecule has 0 aliphatic heterocycles. The van der Waals surface area contributed by atoms with E-state index in [9.17, 15) is 4.79 Å². The molecule has 0 N–H and O–H groups in total. The third-order valence-electron chi connectivity index (χ3n) is 5.79. The van der Waals surface area contributed by atoms with Crippen LogP contribution in [0, 0.1) is 23.7 Å².